The molecular weight excluding hydrogens is 479 g/mol. The maximum Gasteiger partial charge on any atom is 0.264 e. The number of rotatable bonds is 10. The van der Waals surface area contributed by atoms with Crippen LogP contribution < -0.4 is 9.62 Å². The maximum absolute atomic E-state index is 13.4. The number of sulfonamides is 1. The lowest BCUT2D eigenvalue weighted by molar-refractivity contribution is -0.119. The van der Waals surface area contributed by atoms with Gasteiger partial charge in [0, 0.05) is 6.54 Å². The average Bonchev–Trinajstić information content (AvgIpc) is 2.83. The molecule has 0 aliphatic rings. The zero-order valence-corrected chi connectivity index (χ0v) is 20.6. The van der Waals surface area contributed by atoms with Crippen LogP contribution in [0.4, 0.5) is 5.69 Å². The summed E-state index contributed by atoms with van der Waals surface area (Å²) in [6.07, 6.45) is 1.70. The van der Waals surface area contributed by atoms with Gasteiger partial charge in [0.15, 0.2) is 0 Å². The molecule has 0 saturated carbocycles. The second-order valence-corrected chi connectivity index (χ2v) is 10.3. The Balaban J connectivity index is 1.80. The third kappa shape index (κ3) is 6.50. The molecule has 0 radical (unpaired) electrons. The smallest absolute Gasteiger partial charge is 0.264 e. The van der Waals surface area contributed by atoms with Gasteiger partial charge in [0.25, 0.3) is 10.0 Å². The summed E-state index contributed by atoms with van der Waals surface area (Å²) in [7, 11) is -4.05. The Morgan fingerprint density at radius 3 is 2.21 bits per heavy atom. The molecule has 0 aromatic heterocycles. The molecule has 0 spiro atoms. The van der Waals surface area contributed by atoms with Crippen molar-refractivity contribution in [3.05, 3.63) is 94.5 Å². The van der Waals surface area contributed by atoms with E-state index in [4.69, 9.17) is 23.2 Å². The maximum atomic E-state index is 13.4. The van der Waals surface area contributed by atoms with Gasteiger partial charge in [-0.05, 0) is 42.2 Å². The van der Waals surface area contributed by atoms with Gasteiger partial charge in [-0.2, -0.15) is 0 Å². The Morgan fingerprint density at radius 2 is 1.58 bits per heavy atom. The lowest BCUT2D eigenvalue weighted by Crippen LogP contribution is -2.42. The first kappa shape index (κ1) is 25.1. The molecule has 0 fully saturated rings. The van der Waals surface area contributed by atoms with Crippen molar-refractivity contribution in [3.63, 3.8) is 0 Å². The van der Waals surface area contributed by atoms with Gasteiger partial charge in [0.2, 0.25) is 5.91 Å². The Kier molecular flexibility index (Phi) is 8.78. The number of halogens is 2. The molecule has 1 N–H and O–H groups in total. The third-order valence-electron chi connectivity index (χ3n) is 5.35. The van der Waals surface area contributed by atoms with Gasteiger partial charge >= 0.3 is 0 Å². The fourth-order valence-corrected chi connectivity index (χ4v) is 5.36. The number of nitrogens with zero attached hydrogens (tertiary/aromatic N) is 1. The van der Waals surface area contributed by atoms with Crippen LogP contribution in [0.5, 0.6) is 0 Å². The monoisotopic (exact) mass is 504 g/mol. The summed E-state index contributed by atoms with van der Waals surface area (Å²) in [4.78, 5) is 12.9. The number of amides is 1. The van der Waals surface area contributed by atoms with Gasteiger partial charge in [0.1, 0.15) is 6.54 Å². The summed E-state index contributed by atoms with van der Waals surface area (Å²) in [5.74, 6) is -0.192. The van der Waals surface area contributed by atoms with E-state index >= 15 is 0 Å². The second kappa shape index (κ2) is 11.5. The van der Waals surface area contributed by atoms with Crippen molar-refractivity contribution in [1.29, 1.82) is 0 Å². The molecule has 0 saturated heterocycles. The highest BCUT2D eigenvalue weighted by atomic mass is 35.5. The average molecular weight is 505 g/mol. The second-order valence-electron chi connectivity index (χ2n) is 7.67. The van der Waals surface area contributed by atoms with E-state index in [-0.39, 0.29) is 26.5 Å². The van der Waals surface area contributed by atoms with Crippen LogP contribution in [-0.2, 0) is 21.2 Å². The predicted octanol–water partition coefficient (Wildman–Crippen LogP) is 5.57. The van der Waals surface area contributed by atoms with Gasteiger partial charge in [-0.1, -0.05) is 91.1 Å². The highest BCUT2D eigenvalue weighted by molar-refractivity contribution is 7.92. The molecule has 3 aromatic carbocycles. The molecule has 1 unspecified atom stereocenters. The molecule has 0 bridgehead atoms. The van der Waals surface area contributed by atoms with Crippen molar-refractivity contribution in [2.24, 2.45) is 5.92 Å². The molecule has 3 aromatic rings. The fraction of sp³-hybridized carbons (Fsp3) is 0.240. The number of hydrogen-bond donors (Lipinski definition) is 1. The van der Waals surface area contributed by atoms with Crippen LogP contribution >= 0.6 is 23.2 Å². The van der Waals surface area contributed by atoms with Crippen molar-refractivity contribution >= 4 is 44.8 Å². The largest absolute Gasteiger partial charge is 0.354 e. The lowest BCUT2D eigenvalue weighted by atomic mass is 9.97. The van der Waals surface area contributed by atoms with Crippen LogP contribution in [0.15, 0.2) is 83.8 Å². The summed E-state index contributed by atoms with van der Waals surface area (Å²) >= 11 is 12.5. The molecule has 174 valence electrons. The van der Waals surface area contributed by atoms with E-state index in [1.807, 2.05) is 18.2 Å². The Morgan fingerprint density at radius 1 is 0.939 bits per heavy atom. The minimum absolute atomic E-state index is 0.0596. The van der Waals surface area contributed by atoms with Crippen LogP contribution in [-0.4, -0.2) is 27.4 Å². The standard InChI is InChI=1S/C25H26Cl2N2O3S/c1-2-19(16-20-10-5-3-6-11-20)17-28-24(30)18-29(23-15-9-14-22(26)25(23)27)33(31,32)21-12-7-4-8-13-21/h3-15,19H,2,16-18H2,1H3,(H,28,30). The van der Waals surface area contributed by atoms with Gasteiger partial charge < -0.3 is 5.32 Å². The molecule has 1 amide bonds. The minimum Gasteiger partial charge on any atom is -0.354 e. The molecule has 0 aliphatic heterocycles. The van der Waals surface area contributed by atoms with E-state index in [1.165, 1.54) is 23.8 Å². The highest BCUT2D eigenvalue weighted by Crippen LogP contribution is 2.35. The predicted molar refractivity (Wildman–Crippen MR) is 134 cm³/mol. The quantitative estimate of drug-likeness (QED) is 0.392. The first-order valence-corrected chi connectivity index (χ1v) is 12.8. The molecule has 33 heavy (non-hydrogen) atoms. The minimum atomic E-state index is -4.05. The molecule has 3 rings (SSSR count). The molecule has 0 heterocycles. The molecular formula is C25H26Cl2N2O3S. The van der Waals surface area contributed by atoms with E-state index in [9.17, 15) is 13.2 Å². The summed E-state index contributed by atoms with van der Waals surface area (Å²) in [6.45, 7) is 2.09. The van der Waals surface area contributed by atoms with E-state index in [2.05, 4.69) is 24.4 Å². The summed E-state index contributed by atoms with van der Waals surface area (Å²) in [5.41, 5.74) is 1.34. The van der Waals surface area contributed by atoms with Gasteiger partial charge in [-0.25, -0.2) is 8.42 Å². The lowest BCUT2D eigenvalue weighted by Gasteiger charge is -2.26. The number of nitrogens with one attached hydrogen (secondary N) is 1. The Bertz CT molecular complexity index is 1170. The van der Waals surface area contributed by atoms with E-state index < -0.39 is 22.5 Å². The first-order chi connectivity index (χ1) is 15.8. The number of hydrogen-bond acceptors (Lipinski definition) is 3. The summed E-state index contributed by atoms with van der Waals surface area (Å²) in [5, 5.41) is 3.17. The molecule has 5 nitrogen and oxygen atoms in total. The summed E-state index contributed by atoms with van der Waals surface area (Å²) in [6, 6.07) is 22.7. The van der Waals surface area contributed by atoms with Crippen molar-refractivity contribution in [2.75, 3.05) is 17.4 Å². The zero-order chi connectivity index (χ0) is 23.8. The van der Waals surface area contributed by atoms with E-state index in [1.54, 1.807) is 30.3 Å². The number of carbonyl (C=O) groups is 1. The molecule has 8 heteroatoms. The van der Waals surface area contributed by atoms with Crippen molar-refractivity contribution in [2.45, 2.75) is 24.7 Å². The van der Waals surface area contributed by atoms with Gasteiger partial charge in [0.05, 0.1) is 20.6 Å². The van der Waals surface area contributed by atoms with E-state index in [0.717, 1.165) is 17.1 Å². The Labute approximate surface area is 205 Å². The van der Waals surface area contributed by atoms with Crippen molar-refractivity contribution < 1.29 is 13.2 Å². The summed E-state index contributed by atoms with van der Waals surface area (Å²) < 4.78 is 27.8. The zero-order valence-electron chi connectivity index (χ0n) is 18.2. The fourth-order valence-electron chi connectivity index (χ4n) is 3.46. The first-order valence-electron chi connectivity index (χ1n) is 10.6. The normalized spacial score (nSPS) is 12.2. The van der Waals surface area contributed by atoms with Crippen molar-refractivity contribution in [1.82, 2.24) is 5.32 Å². The SMILES string of the molecule is CCC(CNC(=O)CN(c1cccc(Cl)c1Cl)S(=O)(=O)c1ccccc1)Cc1ccccc1. The number of anilines is 1. The molecule has 0 aliphatic carbocycles. The van der Waals surface area contributed by atoms with Crippen LogP contribution in [0.2, 0.25) is 10.0 Å². The third-order valence-corrected chi connectivity index (χ3v) is 7.93. The van der Waals surface area contributed by atoms with Gasteiger partial charge in [-0.3, -0.25) is 9.10 Å². The Hall–Kier alpha value is -2.54. The van der Waals surface area contributed by atoms with E-state index in [0.29, 0.717) is 6.54 Å². The van der Waals surface area contributed by atoms with Crippen LogP contribution in [0.25, 0.3) is 0 Å². The number of carbonyl (C=O) groups excluding carboxylic acids is 1. The number of benzene rings is 3. The van der Waals surface area contributed by atoms with Crippen LogP contribution in [0.1, 0.15) is 18.9 Å². The van der Waals surface area contributed by atoms with Crippen LogP contribution in [0.3, 0.4) is 0 Å². The highest BCUT2D eigenvalue weighted by Gasteiger charge is 2.29. The van der Waals surface area contributed by atoms with Crippen molar-refractivity contribution in [3.8, 4) is 0 Å². The molecule has 1 atom stereocenters. The van der Waals surface area contributed by atoms with Crippen LogP contribution in [0, 0.1) is 5.92 Å². The topological polar surface area (TPSA) is 66.5 Å². The van der Waals surface area contributed by atoms with Gasteiger partial charge in [-0.15, -0.1) is 0 Å².